The van der Waals surface area contributed by atoms with E-state index in [1.807, 2.05) is 0 Å². The van der Waals surface area contributed by atoms with Gasteiger partial charge in [-0.3, -0.25) is 0 Å². The van der Waals surface area contributed by atoms with E-state index in [0.29, 0.717) is 0 Å². The third-order valence-corrected chi connectivity index (χ3v) is 10.8. The third-order valence-electron chi connectivity index (χ3n) is 6.15. The molecule has 0 N–H and O–H groups in total. The molecule has 0 spiro atoms. The van der Waals surface area contributed by atoms with Crippen molar-refractivity contribution < 1.29 is 0 Å². The minimum Gasteiger partial charge on any atom is -0.0917 e. The van der Waals surface area contributed by atoms with Gasteiger partial charge in [-0.15, -0.1) is 0 Å². The maximum absolute atomic E-state index is 2.75. The standard InChI is InChI=1S/C25H52Si/c1-5-8-11-14-17-20-23-26(4,24-21-18-15-12-9-6-2)25-22-19-16-13-10-7-3/h5,8H,6-7,9-25H2,1-4H3. The van der Waals surface area contributed by atoms with Crippen molar-refractivity contribution in [3.05, 3.63) is 12.2 Å². The summed E-state index contributed by atoms with van der Waals surface area (Å²) < 4.78 is 0. The first-order chi connectivity index (χ1) is 12.7. The van der Waals surface area contributed by atoms with Crippen LogP contribution in [0.15, 0.2) is 12.2 Å². The van der Waals surface area contributed by atoms with Crippen molar-refractivity contribution in [2.75, 3.05) is 0 Å². The number of rotatable bonds is 20. The van der Waals surface area contributed by atoms with Crippen LogP contribution >= 0.6 is 0 Å². The molecule has 0 aliphatic heterocycles. The lowest BCUT2D eigenvalue weighted by Gasteiger charge is -2.28. The van der Waals surface area contributed by atoms with Gasteiger partial charge in [0.15, 0.2) is 0 Å². The molecule has 156 valence electrons. The second kappa shape index (κ2) is 19.7. The molecule has 0 heterocycles. The van der Waals surface area contributed by atoms with Crippen molar-refractivity contribution in [1.82, 2.24) is 0 Å². The molecule has 0 aliphatic rings. The van der Waals surface area contributed by atoms with Crippen LogP contribution in [0.1, 0.15) is 124 Å². The third kappa shape index (κ3) is 17.4. The van der Waals surface area contributed by atoms with Gasteiger partial charge in [0.25, 0.3) is 0 Å². The van der Waals surface area contributed by atoms with Crippen molar-refractivity contribution in [2.45, 2.75) is 148 Å². The van der Waals surface area contributed by atoms with Gasteiger partial charge in [-0.25, -0.2) is 0 Å². The molecule has 0 rings (SSSR count). The summed E-state index contributed by atoms with van der Waals surface area (Å²) in [6.07, 6.45) is 27.8. The number of unbranched alkanes of at least 4 members (excludes halogenated alkanes) is 13. The summed E-state index contributed by atoms with van der Waals surface area (Å²) in [5.74, 6) is 0. The van der Waals surface area contributed by atoms with Crippen LogP contribution in [0.2, 0.25) is 24.7 Å². The molecule has 0 fully saturated rings. The SMILES string of the molecule is CC=CCCCCC[Si](C)(CCCCCCCC)CCCCCCCC. The van der Waals surface area contributed by atoms with E-state index in [0.717, 1.165) is 0 Å². The lowest BCUT2D eigenvalue weighted by molar-refractivity contribution is 0.612. The summed E-state index contributed by atoms with van der Waals surface area (Å²) in [5.41, 5.74) is 0. The Morgan fingerprint density at radius 3 is 1.35 bits per heavy atom. The molecular formula is C25H52Si. The Morgan fingerprint density at radius 1 is 0.538 bits per heavy atom. The largest absolute Gasteiger partial charge is 0.0917 e. The molecular weight excluding hydrogens is 328 g/mol. The Hall–Kier alpha value is -0.0431. The van der Waals surface area contributed by atoms with E-state index < -0.39 is 8.07 Å². The molecule has 0 aliphatic carbocycles. The fourth-order valence-corrected chi connectivity index (χ4v) is 8.26. The Balaban J connectivity index is 4.06. The first kappa shape index (κ1) is 26.0. The van der Waals surface area contributed by atoms with Crippen LogP contribution in [0.4, 0.5) is 0 Å². The number of hydrogen-bond acceptors (Lipinski definition) is 0. The fourth-order valence-electron chi connectivity index (χ4n) is 4.20. The highest BCUT2D eigenvalue weighted by Gasteiger charge is 2.25. The van der Waals surface area contributed by atoms with Crippen LogP contribution in [0, 0.1) is 0 Å². The molecule has 1 heteroatoms. The molecule has 0 saturated heterocycles. The molecule has 0 aromatic heterocycles. The molecule has 0 saturated carbocycles. The Bertz CT molecular complexity index is 279. The highest BCUT2D eigenvalue weighted by Crippen LogP contribution is 2.29. The van der Waals surface area contributed by atoms with Gasteiger partial charge in [-0.05, 0) is 19.8 Å². The zero-order valence-corrected chi connectivity index (χ0v) is 20.1. The summed E-state index contributed by atoms with van der Waals surface area (Å²) in [7, 11) is -0.973. The Labute approximate surface area is 168 Å². The van der Waals surface area contributed by atoms with E-state index in [4.69, 9.17) is 0 Å². The van der Waals surface area contributed by atoms with E-state index in [2.05, 4.69) is 39.5 Å². The van der Waals surface area contributed by atoms with Gasteiger partial charge in [0.1, 0.15) is 0 Å². The average molecular weight is 381 g/mol. The van der Waals surface area contributed by atoms with Gasteiger partial charge in [0.2, 0.25) is 0 Å². The summed E-state index contributed by atoms with van der Waals surface area (Å²) in [6, 6.07) is 4.83. The minimum atomic E-state index is -0.973. The quantitative estimate of drug-likeness (QED) is 0.112. The maximum atomic E-state index is 2.75. The van der Waals surface area contributed by atoms with Gasteiger partial charge in [0.05, 0.1) is 8.07 Å². The van der Waals surface area contributed by atoms with E-state index in [-0.39, 0.29) is 0 Å². The smallest absolute Gasteiger partial charge is 0.0504 e. The molecule has 0 atom stereocenters. The average Bonchev–Trinajstić information content (AvgIpc) is 2.64. The zero-order chi connectivity index (χ0) is 19.3. The Kier molecular flexibility index (Phi) is 19.7. The number of allylic oxidation sites excluding steroid dienone is 2. The molecule has 0 unspecified atom stereocenters. The summed E-state index contributed by atoms with van der Waals surface area (Å²) >= 11 is 0. The van der Waals surface area contributed by atoms with Crippen molar-refractivity contribution in [1.29, 1.82) is 0 Å². The lowest BCUT2D eigenvalue weighted by atomic mass is 10.1. The Morgan fingerprint density at radius 2 is 0.923 bits per heavy atom. The van der Waals surface area contributed by atoms with Crippen LogP contribution in [0.25, 0.3) is 0 Å². The predicted octanol–water partition coefficient (Wildman–Crippen LogP) is 9.92. The van der Waals surface area contributed by atoms with Crippen molar-refractivity contribution in [2.24, 2.45) is 0 Å². The van der Waals surface area contributed by atoms with Gasteiger partial charge >= 0.3 is 0 Å². The summed E-state index contributed by atoms with van der Waals surface area (Å²) in [6.45, 7) is 9.53. The zero-order valence-electron chi connectivity index (χ0n) is 19.1. The van der Waals surface area contributed by atoms with Gasteiger partial charge in [0, 0.05) is 0 Å². The number of hydrogen-bond donors (Lipinski definition) is 0. The lowest BCUT2D eigenvalue weighted by Crippen LogP contribution is -2.29. The summed E-state index contributed by atoms with van der Waals surface area (Å²) in [5, 5.41) is 0. The second-order valence-corrected chi connectivity index (χ2v) is 14.1. The highest BCUT2D eigenvalue weighted by molar-refractivity contribution is 6.78. The molecule has 0 aromatic carbocycles. The predicted molar refractivity (Wildman–Crippen MR) is 126 cm³/mol. The normalized spacial score (nSPS) is 12.3. The highest BCUT2D eigenvalue weighted by atomic mass is 28.3. The van der Waals surface area contributed by atoms with E-state index in [9.17, 15) is 0 Å². The van der Waals surface area contributed by atoms with Gasteiger partial charge in [-0.1, -0.05) is 141 Å². The van der Waals surface area contributed by atoms with Crippen molar-refractivity contribution in [3.63, 3.8) is 0 Å². The molecule has 0 aromatic rings. The molecule has 0 radical (unpaired) electrons. The van der Waals surface area contributed by atoms with Crippen LogP contribution in [0.3, 0.4) is 0 Å². The van der Waals surface area contributed by atoms with Crippen LogP contribution in [0.5, 0.6) is 0 Å². The molecule has 0 bridgehead atoms. The van der Waals surface area contributed by atoms with Crippen molar-refractivity contribution >= 4 is 8.07 Å². The van der Waals surface area contributed by atoms with E-state index in [1.54, 1.807) is 18.1 Å². The molecule has 0 amide bonds. The monoisotopic (exact) mass is 380 g/mol. The molecule has 0 nitrogen and oxygen atoms in total. The van der Waals surface area contributed by atoms with Crippen LogP contribution in [-0.4, -0.2) is 8.07 Å². The van der Waals surface area contributed by atoms with Gasteiger partial charge in [-0.2, -0.15) is 0 Å². The van der Waals surface area contributed by atoms with E-state index >= 15 is 0 Å². The second-order valence-electron chi connectivity index (χ2n) is 9.01. The van der Waals surface area contributed by atoms with Gasteiger partial charge < -0.3 is 0 Å². The minimum absolute atomic E-state index is 0.973. The maximum Gasteiger partial charge on any atom is 0.0504 e. The van der Waals surface area contributed by atoms with E-state index in [1.165, 1.54) is 103 Å². The first-order valence-electron chi connectivity index (χ1n) is 12.3. The topological polar surface area (TPSA) is 0 Å². The molecule has 26 heavy (non-hydrogen) atoms. The summed E-state index contributed by atoms with van der Waals surface area (Å²) in [4.78, 5) is 0. The van der Waals surface area contributed by atoms with Crippen molar-refractivity contribution in [3.8, 4) is 0 Å². The van der Waals surface area contributed by atoms with Crippen LogP contribution < -0.4 is 0 Å². The first-order valence-corrected chi connectivity index (χ1v) is 15.4. The fraction of sp³-hybridized carbons (Fsp3) is 0.920. The van der Waals surface area contributed by atoms with Crippen LogP contribution in [-0.2, 0) is 0 Å².